The number of ether oxygens (including phenoxy) is 3. The number of methoxy groups -OCH3 is 2. The van der Waals surface area contributed by atoms with Crippen LogP contribution in [0, 0.1) is 0 Å². The third-order valence-corrected chi connectivity index (χ3v) is 5.55. The molecule has 0 radical (unpaired) electrons. The van der Waals surface area contributed by atoms with E-state index < -0.39 is 0 Å². The number of carbonyl (C=O) groups is 1. The van der Waals surface area contributed by atoms with Gasteiger partial charge in [-0.15, -0.1) is 11.3 Å². The van der Waals surface area contributed by atoms with Crippen molar-refractivity contribution >= 4 is 34.0 Å². The van der Waals surface area contributed by atoms with E-state index in [4.69, 9.17) is 25.8 Å². The molecule has 164 valence electrons. The van der Waals surface area contributed by atoms with E-state index in [1.165, 1.54) is 24.0 Å². The predicted octanol–water partition coefficient (Wildman–Crippen LogP) is 5.70. The summed E-state index contributed by atoms with van der Waals surface area (Å²) in [6.45, 7) is 3.20. The summed E-state index contributed by atoms with van der Waals surface area (Å²) in [6, 6.07) is 11.3. The molecule has 0 aliphatic carbocycles. The number of rotatable bonds is 10. The molecule has 31 heavy (non-hydrogen) atoms. The van der Waals surface area contributed by atoms with Crippen molar-refractivity contribution in [3.8, 4) is 22.8 Å². The molecule has 0 unspecified atom stereocenters. The van der Waals surface area contributed by atoms with E-state index in [0.717, 1.165) is 24.1 Å². The van der Waals surface area contributed by atoms with Crippen molar-refractivity contribution < 1.29 is 19.0 Å². The van der Waals surface area contributed by atoms with Gasteiger partial charge in [0.15, 0.2) is 16.6 Å². The second kappa shape index (κ2) is 11.1. The Morgan fingerprint density at radius 3 is 2.61 bits per heavy atom. The van der Waals surface area contributed by atoms with Gasteiger partial charge in [0.05, 0.1) is 31.0 Å². The third kappa shape index (κ3) is 5.97. The molecule has 0 saturated carbocycles. The molecule has 0 atom stereocenters. The summed E-state index contributed by atoms with van der Waals surface area (Å²) >= 11 is 7.68. The Balaban J connectivity index is 1.71. The van der Waals surface area contributed by atoms with Crippen molar-refractivity contribution in [2.24, 2.45) is 0 Å². The minimum Gasteiger partial charge on any atom is -0.493 e. The van der Waals surface area contributed by atoms with Crippen molar-refractivity contribution in [3.63, 3.8) is 0 Å². The molecule has 0 bridgehead atoms. The molecule has 0 fully saturated rings. The van der Waals surface area contributed by atoms with Crippen molar-refractivity contribution in [2.75, 3.05) is 32.8 Å². The van der Waals surface area contributed by atoms with Crippen LogP contribution < -0.4 is 14.8 Å². The Morgan fingerprint density at radius 2 is 1.94 bits per heavy atom. The molecule has 1 amide bonds. The number of amides is 1. The van der Waals surface area contributed by atoms with Gasteiger partial charge in [0.1, 0.15) is 0 Å². The molecule has 0 spiro atoms. The molecule has 3 rings (SSSR count). The summed E-state index contributed by atoms with van der Waals surface area (Å²) in [7, 11) is 3.21. The first kappa shape index (κ1) is 23.1. The Morgan fingerprint density at radius 1 is 1.16 bits per heavy atom. The van der Waals surface area contributed by atoms with Gasteiger partial charge in [0.2, 0.25) is 0 Å². The Hall–Kier alpha value is -2.61. The lowest BCUT2D eigenvalue weighted by Crippen LogP contribution is -2.12. The number of anilines is 1. The maximum absolute atomic E-state index is 12.7. The minimum atomic E-state index is -0.321. The molecular formula is C23H25ClN2O4S. The van der Waals surface area contributed by atoms with E-state index in [1.54, 1.807) is 19.2 Å². The van der Waals surface area contributed by atoms with Gasteiger partial charge in [-0.2, -0.15) is 0 Å². The molecule has 1 N–H and O–H groups in total. The Kier molecular flexibility index (Phi) is 8.28. The number of halogens is 1. The number of carbonyl (C=O) groups excluding carboxylic acids is 1. The molecular weight excluding hydrogens is 436 g/mol. The quantitative estimate of drug-likeness (QED) is 0.420. The van der Waals surface area contributed by atoms with Crippen molar-refractivity contribution in [1.29, 1.82) is 0 Å². The van der Waals surface area contributed by atoms with Gasteiger partial charge in [-0.3, -0.25) is 10.1 Å². The highest BCUT2D eigenvalue weighted by atomic mass is 35.5. The summed E-state index contributed by atoms with van der Waals surface area (Å²) in [5.74, 6) is 0.533. The average Bonchev–Trinajstić information content (AvgIpc) is 3.25. The Bertz CT molecular complexity index is 1020. The zero-order chi connectivity index (χ0) is 22.2. The smallest absolute Gasteiger partial charge is 0.257 e. The third-order valence-electron chi connectivity index (χ3n) is 4.51. The number of aromatic nitrogens is 1. The van der Waals surface area contributed by atoms with Gasteiger partial charge in [0, 0.05) is 23.6 Å². The zero-order valence-electron chi connectivity index (χ0n) is 17.7. The van der Waals surface area contributed by atoms with Gasteiger partial charge in [-0.05, 0) is 30.5 Å². The molecule has 1 aromatic heterocycles. The first-order valence-corrected chi connectivity index (χ1v) is 11.2. The van der Waals surface area contributed by atoms with Crippen LogP contribution in [0.1, 0.15) is 29.3 Å². The van der Waals surface area contributed by atoms with Crippen LogP contribution in [0.15, 0.2) is 41.8 Å². The van der Waals surface area contributed by atoms with Crippen LogP contribution in [0.4, 0.5) is 5.13 Å². The lowest BCUT2D eigenvalue weighted by molar-refractivity contribution is 0.102. The number of hydrogen-bond donors (Lipinski definition) is 1. The standard InChI is InChI=1S/C23H25ClN2O4S/c1-4-10-30-21-18(24)12-17(13-20(21)29-3)22(27)26-23-25-19(14-31-23)16-7-5-15(6-8-16)9-11-28-2/h5-8,12-14H,4,9-11H2,1-3H3,(H,25,26,27). The second-order valence-electron chi connectivity index (χ2n) is 6.77. The highest BCUT2D eigenvalue weighted by molar-refractivity contribution is 7.14. The van der Waals surface area contributed by atoms with Crippen LogP contribution in [0.5, 0.6) is 11.5 Å². The number of nitrogens with one attached hydrogen (secondary N) is 1. The molecule has 2 aromatic carbocycles. The number of benzene rings is 2. The summed E-state index contributed by atoms with van der Waals surface area (Å²) in [5, 5.41) is 5.57. The monoisotopic (exact) mass is 460 g/mol. The van der Waals surface area contributed by atoms with Crippen LogP contribution in [0.2, 0.25) is 5.02 Å². The van der Waals surface area contributed by atoms with Crippen molar-refractivity contribution in [2.45, 2.75) is 19.8 Å². The van der Waals surface area contributed by atoms with E-state index in [1.807, 2.05) is 24.4 Å². The number of hydrogen-bond acceptors (Lipinski definition) is 6. The van der Waals surface area contributed by atoms with Crippen LogP contribution in [-0.4, -0.2) is 38.3 Å². The summed E-state index contributed by atoms with van der Waals surface area (Å²) < 4.78 is 16.1. The highest BCUT2D eigenvalue weighted by Gasteiger charge is 2.17. The molecule has 0 saturated heterocycles. The first-order valence-electron chi connectivity index (χ1n) is 9.91. The summed E-state index contributed by atoms with van der Waals surface area (Å²) in [4.78, 5) is 17.3. The minimum absolute atomic E-state index is 0.321. The van der Waals surface area contributed by atoms with E-state index in [2.05, 4.69) is 22.4 Å². The predicted molar refractivity (Wildman–Crippen MR) is 125 cm³/mol. The van der Waals surface area contributed by atoms with E-state index in [-0.39, 0.29) is 5.91 Å². The average molecular weight is 461 g/mol. The van der Waals surface area contributed by atoms with Crippen LogP contribution in [0.25, 0.3) is 11.3 Å². The largest absolute Gasteiger partial charge is 0.493 e. The van der Waals surface area contributed by atoms with Gasteiger partial charge >= 0.3 is 0 Å². The summed E-state index contributed by atoms with van der Waals surface area (Å²) in [5.41, 5.74) is 3.36. The molecule has 0 aliphatic heterocycles. The lowest BCUT2D eigenvalue weighted by atomic mass is 10.1. The summed E-state index contributed by atoms with van der Waals surface area (Å²) in [6.07, 6.45) is 1.70. The van der Waals surface area contributed by atoms with E-state index in [0.29, 0.717) is 40.4 Å². The molecule has 0 aliphatic rings. The van der Waals surface area contributed by atoms with Crippen molar-refractivity contribution in [1.82, 2.24) is 4.98 Å². The number of nitrogens with zero attached hydrogens (tertiary/aromatic N) is 1. The van der Waals surface area contributed by atoms with Gasteiger partial charge in [0.25, 0.3) is 5.91 Å². The van der Waals surface area contributed by atoms with Gasteiger partial charge in [-0.25, -0.2) is 4.98 Å². The topological polar surface area (TPSA) is 69.7 Å². The fourth-order valence-electron chi connectivity index (χ4n) is 2.89. The molecule has 1 heterocycles. The molecule has 3 aromatic rings. The maximum Gasteiger partial charge on any atom is 0.257 e. The molecule has 6 nitrogen and oxygen atoms in total. The lowest BCUT2D eigenvalue weighted by Gasteiger charge is -2.13. The van der Waals surface area contributed by atoms with Crippen LogP contribution in [-0.2, 0) is 11.2 Å². The van der Waals surface area contributed by atoms with E-state index in [9.17, 15) is 4.79 Å². The fraction of sp³-hybridized carbons (Fsp3) is 0.304. The molecule has 8 heteroatoms. The van der Waals surface area contributed by atoms with Crippen LogP contribution in [0.3, 0.4) is 0 Å². The zero-order valence-corrected chi connectivity index (χ0v) is 19.3. The van der Waals surface area contributed by atoms with Gasteiger partial charge in [-0.1, -0.05) is 42.8 Å². The second-order valence-corrected chi connectivity index (χ2v) is 8.03. The SMILES string of the molecule is CCCOc1c(Cl)cc(C(=O)Nc2nc(-c3ccc(CCOC)cc3)cs2)cc1OC. The normalized spacial score (nSPS) is 10.7. The highest BCUT2D eigenvalue weighted by Crippen LogP contribution is 2.37. The van der Waals surface area contributed by atoms with Gasteiger partial charge < -0.3 is 14.2 Å². The van der Waals surface area contributed by atoms with Crippen molar-refractivity contribution in [3.05, 3.63) is 57.9 Å². The van der Waals surface area contributed by atoms with Crippen LogP contribution >= 0.6 is 22.9 Å². The fourth-order valence-corrected chi connectivity index (χ4v) is 3.87. The maximum atomic E-state index is 12.7. The first-order chi connectivity index (χ1) is 15.0. The number of thiazole rings is 1. The Labute approximate surface area is 191 Å². The van der Waals surface area contributed by atoms with E-state index >= 15 is 0 Å².